The second kappa shape index (κ2) is 11.1. The Morgan fingerprint density at radius 2 is 1.65 bits per heavy atom. The molecule has 1 aliphatic rings. The summed E-state index contributed by atoms with van der Waals surface area (Å²) in [5.41, 5.74) is 1.00. The highest BCUT2D eigenvalue weighted by Crippen LogP contribution is 2.24. The molecule has 1 aromatic rings. The number of sulfonamides is 1. The molecule has 174 valence electrons. The zero-order chi connectivity index (χ0) is 23.2. The SMILES string of the molecule is Cc1ccc(S(=O)(=O)N2CCC(C(=O)NC(C(=O)NCCC(C)C)C(C)C)CC2)cc1. The highest BCUT2D eigenvalue weighted by atomic mass is 32.2. The fourth-order valence-electron chi connectivity index (χ4n) is 3.62. The summed E-state index contributed by atoms with van der Waals surface area (Å²) < 4.78 is 27.1. The number of hydrogen-bond acceptors (Lipinski definition) is 4. The quantitative estimate of drug-likeness (QED) is 0.603. The maximum atomic E-state index is 12.9. The van der Waals surface area contributed by atoms with E-state index >= 15 is 0 Å². The second-order valence-electron chi connectivity index (χ2n) is 9.20. The lowest BCUT2D eigenvalue weighted by atomic mass is 9.95. The van der Waals surface area contributed by atoms with Crippen LogP contribution in [0, 0.1) is 24.7 Å². The minimum Gasteiger partial charge on any atom is -0.354 e. The number of nitrogens with one attached hydrogen (secondary N) is 2. The van der Waals surface area contributed by atoms with E-state index in [-0.39, 0.29) is 28.5 Å². The van der Waals surface area contributed by atoms with Crippen LogP contribution in [0.3, 0.4) is 0 Å². The monoisotopic (exact) mass is 451 g/mol. The lowest BCUT2D eigenvalue weighted by molar-refractivity contribution is -0.132. The van der Waals surface area contributed by atoms with Crippen molar-refractivity contribution in [2.45, 2.75) is 64.8 Å². The predicted octanol–water partition coefficient (Wildman–Crippen LogP) is 2.70. The first-order valence-electron chi connectivity index (χ1n) is 11.2. The molecule has 1 atom stereocenters. The molecule has 1 fully saturated rings. The Hall–Kier alpha value is -1.93. The van der Waals surface area contributed by atoms with E-state index < -0.39 is 16.1 Å². The van der Waals surface area contributed by atoms with E-state index in [1.165, 1.54) is 4.31 Å². The van der Waals surface area contributed by atoms with Gasteiger partial charge < -0.3 is 10.6 Å². The first kappa shape index (κ1) is 25.3. The van der Waals surface area contributed by atoms with Crippen molar-refractivity contribution in [1.82, 2.24) is 14.9 Å². The van der Waals surface area contributed by atoms with Crippen LogP contribution in [-0.4, -0.2) is 50.2 Å². The summed E-state index contributed by atoms with van der Waals surface area (Å²) in [6.45, 7) is 11.1. The molecule has 0 spiro atoms. The van der Waals surface area contributed by atoms with Crippen molar-refractivity contribution in [1.29, 1.82) is 0 Å². The number of rotatable bonds is 9. The summed E-state index contributed by atoms with van der Waals surface area (Å²) in [5.74, 6) is -0.179. The zero-order valence-electron chi connectivity index (χ0n) is 19.3. The smallest absolute Gasteiger partial charge is 0.243 e. The Bertz CT molecular complexity index is 842. The summed E-state index contributed by atoms with van der Waals surface area (Å²) in [7, 11) is -3.56. The van der Waals surface area contributed by atoms with Gasteiger partial charge >= 0.3 is 0 Å². The van der Waals surface area contributed by atoms with Crippen molar-refractivity contribution < 1.29 is 18.0 Å². The molecule has 1 heterocycles. The summed E-state index contributed by atoms with van der Waals surface area (Å²) in [5, 5.41) is 5.81. The fraction of sp³-hybridized carbons (Fsp3) is 0.652. The van der Waals surface area contributed by atoms with Crippen molar-refractivity contribution in [3.05, 3.63) is 29.8 Å². The van der Waals surface area contributed by atoms with Gasteiger partial charge in [-0.05, 0) is 50.2 Å². The molecule has 1 unspecified atom stereocenters. The maximum Gasteiger partial charge on any atom is 0.243 e. The fourth-order valence-corrected chi connectivity index (χ4v) is 5.09. The van der Waals surface area contributed by atoms with Gasteiger partial charge in [-0.1, -0.05) is 45.4 Å². The van der Waals surface area contributed by atoms with E-state index in [2.05, 4.69) is 24.5 Å². The molecule has 0 bridgehead atoms. The van der Waals surface area contributed by atoms with Gasteiger partial charge in [-0.15, -0.1) is 0 Å². The van der Waals surface area contributed by atoms with Gasteiger partial charge in [-0.2, -0.15) is 4.31 Å². The molecule has 2 N–H and O–H groups in total. The number of aryl methyl sites for hydroxylation is 1. The number of carbonyl (C=O) groups excluding carboxylic acids is 2. The molecule has 1 aliphatic heterocycles. The lowest BCUT2D eigenvalue weighted by Crippen LogP contribution is -2.52. The molecular formula is C23H37N3O4S. The van der Waals surface area contributed by atoms with Crippen molar-refractivity contribution in [3.63, 3.8) is 0 Å². The van der Waals surface area contributed by atoms with Crippen LogP contribution in [0.25, 0.3) is 0 Å². The number of benzene rings is 1. The van der Waals surface area contributed by atoms with Crippen molar-refractivity contribution in [2.75, 3.05) is 19.6 Å². The highest BCUT2D eigenvalue weighted by molar-refractivity contribution is 7.89. The van der Waals surface area contributed by atoms with Gasteiger partial charge in [0.1, 0.15) is 6.04 Å². The molecule has 0 radical (unpaired) electrons. The topological polar surface area (TPSA) is 95.6 Å². The highest BCUT2D eigenvalue weighted by Gasteiger charge is 2.34. The van der Waals surface area contributed by atoms with E-state index in [0.29, 0.717) is 38.4 Å². The summed E-state index contributed by atoms with van der Waals surface area (Å²) >= 11 is 0. The van der Waals surface area contributed by atoms with Crippen molar-refractivity contribution in [3.8, 4) is 0 Å². The molecule has 8 heteroatoms. The Morgan fingerprint density at radius 3 is 2.16 bits per heavy atom. The molecule has 7 nitrogen and oxygen atoms in total. The Kier molecular flexibility index (Phi) is 9.06. The number of piperidine rings is 1. The number of hydrogen-bond donors (Lipinski definition) is 2. The van der Waals surface area contributed by atoms with Crippen LogP contribution in [-0.2, 0) is 19.6 Å². The van der Waals surface area contributed by atoms with Crippen LogP contribution in [0.4, 0.5) is 0 Å². The largest absolute Gasteiger partial charge is 0.354 e. The minimum atomic E-state index is -3.56. The minimum absolute atomic E-state index is 0.0370. The van der Waals surface area contributed by atoms with Crippen LogP contribution in [0.1, 0.15) is 52.5 Å². The second-order valence-corrected chi connectivity index (χ2v) is 11.1. The van der Waals surface area contributed by atoms with E-state index in [1.807, 2.05) is 20.8 Å². The zero-order valence-corrected chi connectivity index (χ0v) is 20.2. The van der Waals surface area contributed by atoms with Crippen LogP contribution in [0.2, 0.25) is 0 Å². The third kappa shape index (κ3) is 7.04. The van der Waals surface area contributed by atoms with Gasteiger partial charge in [-0.3, -0.25) is 9.59 Å². The van der Waals surface area contributed by atoms with E-state index in [9.17, 15) is 18.0 Å². The van der Waals surface area contributed by atoms with Crippen LogP contribution in [0.15, 0.2) is 29.2 Å². The van der Waals surface area contributed by atoms with Crippen molar-refractivity contribution >= 4 is 21.8 Å². The van der Waals surface area contributed by atoms with Gasteiger partial charge in [0, 0.05) is 25.6 Å². The Morgan fingerprint density at radius 1 is 1.06 bits per heavy atom. The first-order chi connectivity index (χ1) is 14.5. The third-order valence-electron chi connectivity index (χ3n) is 5.75. The van der Waals surface area contributed by atoms with Crippen LogP contribution in [0.5, 0.6) is 0 Å². The molecule has 0 aromatic heterocycles. The number of amides is 2. The van der Waals surface area contributed by atoms with Crippen LogP contribution < -0.4 is 10.6 Å². The standard InChI is InChI=1S/C23H37N3O4S/c1-16(2)10-13-24-23(28)21(17(3)4)25-22(27)19-11-14-26(15-12-19)31(29,30)20-8-6-18(5)7-9-20/h6-9,16-17,19,21H,10-15H2,1-5H3,(H,24,28)(H,25,27). The normalized spacial score (nSPS) is 17.0. The third-order valence-corrected chi connectivity index (χ3v) is 7.66. The van der Waals surface area contributed by atoms with Crippen molar-refractivity contribution in [2.24, 2.45) is 17.8 Å². The first-order valence-corrected chi connectivity index (χ1v) is 12.6. The maximum absolute atomic E-state index is 12.9. The van der Waals surface area contributed by atoms with Crippen LogP contribution >= 0.6 is 0 Å². The van der Waals surface area contributed by atoms with E-state index in [1.54, 1.807) is 24.3 Å². The molecule has 2 rings (SSSR count). The average Bonchev–Trinajstić information content (AvgIpc) is 2.71. The van der Waals surface area contributed by atoms with Gasteiger partial charge in [0.05, 0.1) is 4.90 Å². The number of nitrogens with zero attached hydrogens (tertiary/aromatic N) is 1. The number of carbonyl (C=O) groups is 2. The average molecular weight is 452 g/mol. The molecule has 2 amide bonds. The molecule has 0 aliphatic carbocycles. The van der Waals surface area contributed by atoms with Gasteiger partial charge in [-0.25, -0.2) is 8.42 Å². The van der Waals surface area contributed by atoms with E-state index in [0.717, 1.165) is 12.0 Å². The Labute approximate surface area is 187 Å². The summed E-state index contributed by atoms with van der Waals surface area (Å²) in [6.07, 6.45) is 1.77. The summed E-state index contributed by atoms with van der Waals surface area (Å²) in [6, 6.07) is 6.22. The predicted molar refractivity (Wildman–Crippen MR) is 122 cm³/mol. The summed E-state index contributed by atoms with van der Waals surface area (Å²) in [4.78, 5) is 25.6. The van der Waals surface area contributed by atoms with Gasteiger partial charge in [0.15, 0.2) is 0 Å². The molecule has 1 saturated heterocycles. The van der Waals surface area contributed by atoms with E-state index in [4.69, 9.17) is 0 Å². The Balaban J connectivity index is 1.92. The van der Waals surface area contributed by atoms with Gasteiger partial charge in [0.2, 0.25) is 21.8 Å². The molecule has 1 aromatic carbocycles. The molecular weight excluding hydrogens is 414 g/mol. The lowest BCUT2D eigenvalue weighted by Gasteiger charge is -2.32. The van der Waals surface area contributed by atoms with Gasteiger partial charge in [0.25, 0.3) is 0 Å². The molecule has 31 heavy (non-hydrogen) atoms. The molecule has 0 saturated carbocycles.